The summed E-state index contributed by atoms with van der Waals surface area (Å²) < 4.78 is 16.6. The number of nitrogens with two attached hydrogens (primary N) is 1. The molecular formula is C34H53NO9. The number of primary amides is 1. The van der Waals surface area contributed by atoms with Gasteiger partial charge in [0.15, 0.2) is 0 Å². The Kier molecular flexibility index (Phi) is 15.8. The fourth-order valence-corrected chi connectivity index (χ4v) is 5.66. The number of allylic oxidation sites excluding steroid dienone is 5. The Morgan fingerprint density at radius 1 is 1.14 bits per heavy atom. The Morgan fingerprint density at radius 2 is 1.80 bits per heavy atom. The van der Waals surface area contributed by atoms with Gasteiger partial charge < -0.3 is 35.6 Å². The summed E-state index contributed by atoms with van der Waals surface area (Å²) in [6.07, 6.45) is 12.7. The van der Waals surface area contributed by atoms with E-state index in [1.807, 2.05) is 71.9 Å². The standard InChI is InChI=1S/C34H51NO8.H2O/c1-8-27-26(7)34(40,20-30(37)41-27)19-12-11-15-23(4)32-22(3)14-9-10-17-28(42-33(35)39)25(6)31(38)24(5)21(2)16-13-18-29(36)43-32;/h9-12,14-17,22,24-28,31-32,38,40H,8,13,18-20H2,1-7H3,(H2,35,39);1H2/b12-11+,14-9-,17-10-,21-16+,23-15+;/t22-,24+,25+,26-,27-,28-,31-,32-,34-;/m0./s1. The summed E-state index contributed by atoms with van der Waals surface area (Å²) in [6, 6.07) is 0. The lowest BCUT2D eigenvalue weighted by atomic mass is 9.77. The molecule has 9 atom stereocenters. The van der Waals surface area contributed by atoms with Crippen LogP contribution in [0.3, 0.4) is 0 Å². The summed E-state index contributed by atoms with van der Waals surface area (Å²) in [6.45, 7) is 13.2. The first kappa shape index (κ1) is 38.8. The maximum Gasteiger partial charge on any atom is 0.405 e. The molecule has 0 radical (unpaired) electrons. The molecule has 10 nitrogen and oxygen atoms in total. The summed E-state index contributed by atoms with van der Waals surface area (Å²) >= 11 is 0. The molecule has 0 unspecified atom stereocenters. The zero-order valence-electron chi connectivity index (χ0n) is 27.2. The van der Waals surface area contributed by atoms with Crippen molar-refractivity contribution in [2.24, 2.45) is 29.4 Å². The van der Waals surface area contributed by atoms with Gasteiger partial charge in [-0.3, -0.25) is 9.59 Å². The minimum atomic E-state index is -1.18. The monoisotopic (exact) mass is 619 g/mol. The van der Waals surface area contributed by atoms with Crippen molar-refractivity contribution in [3.63, 3.8) is 0 Å². The normalized spacial score (nSPS) is 37.1. The molecule has 10 heteroatoms. The number of cyclic esters (lactones) is 2. The molecule has 2 aliphatic heterocycles. The third-order valence-corrected chi connectivity index (χ3v) is 8.87. The Morgan fingerprint density at radius 3 is 2.43 bits per heavy atom. The molecule has 248 valence electrons. The number of hydrogen-bond donors (Lipinski definition) is 3. The highest BCUT2D eigenvalue weighted by atomic mass is 16.6. The lowest BCUT2D eigenvalue weighted by molar-refractivity contribution is -0.182. The molecule has 2 aliphatic rings. The van der Waals surface area contributed by atoms with Gasteiger partial charge in [0.1, 0.15) is 18.3 Å². The first-order valence-corrected chi connectivity index (χ1v) is 15.3. The summed E-state index contributed by atoms with van der Waals surface area (Å²) in [5.74, 6) is -1.79. The van der Waals surface area contributed by atoms with Crippen LogP contribution in [0.25, 0.3) is 0 Å². The average molecular weight is 620 g/mol. The Bertz CT molecular complexity index is 1120. The molecule has 0 aromatic heterocycles. The van der Waals surface area contributed by atoms with Crippen LogP contribution in [0.5, 0.6) is 0 Å². The quantitative estimate of drug-likeness (QED) is 0.167. The fraction of sp³-hybridized carbons (Fsp3) is 0.618. The highest BCUT2D eigenvalue weighted by Gasteiger charge is 2.45. The van der Waals surface area contributed by atoms with Gasteiger partial charge in [-0.25, -0.2) is 4.79 Å². The number of ether oxygens (including phenoxy) is 3. The van der Waals surface area contributed by atoms with E-state index in [1.54, 1.807) is 25.2 Å². The van der Waals surface area contributed by atoms with Crippen LogP contribution in [0.4, 0.5) is 4.79 Å². The van der Waals surface area contributed by atoms with Gasteiger partial charge in [0.2, 0.25) is 0 Å². The van der Waals surface area contributed by atoms with E-state index in [0.717, 1.165) is 11.1 Å². The molecule has 0 aromatic rings. The molecule has 6 N–H and O–H groups in total. The largest absolute Gasteiger partial charge is 0.462 e. The number of hydrogen-bond acceptors (Lipinski definition) is 8. The molecule has 1 amide bonds. The number of carbonyl (C=O) groups excluding carboxylic acids is 3. The molecule has 0 spiro atoms. The SMILES string of the molecule is CC[C@@H]1OC(=O)C[C@@](O)(C/C=C/C=C(\C)[C@H]2OC(=O)CC/C=C(\C)[C@@H](C)[C@H](O)[C@H](C)[C@@H](OC(N)=O)/C=C\C=C/[C@@H]2C)[C@H]1C.O. The van der Waals surface area contributed by atoms with Gasteiger partial charge in [0.05, 0.1) is 18.1 Å². The van der Waals surface area contributed by atoms with Crippen LogP contribution in [0.15, 0.2) is 59.8 Å². The fourth-order valence-electron chi connectivity index (χ4n) is 5.66. The van der Waals surface area contributed by atoms with Crippen molar-refractivity contribution in [2.75, 3.05) is 0 Å². The summed E-state index contributed by atoms with van der Waals surface area (Å²) in [7, 11) is 0. The molecule has 1 fully saturated rings. The number of amides is 1. The Labute approximate surface area is 262 Å². The molecule has 1 saturated heterocycles. The molecular weight excluding hydrogens is 566 g/mol. The third kappa shape index (κ3) is 11.1. The second kappa shape index (κ2) is 17.9. The van der Waals surface area contributed by atoms with Crippen molar-refractivity contribution >= 4 is 18.0 Å². The molecule has 2 heterocycles. The smallest absolute Gasteiger partial charge is 0.405 e. The lowest BCUT2D eigenvalue weighted by Crippen LogP contribution is -2.50. The number of rotatable bonds is 6. The van der Waals surface area contributed by atoms with Gasteiger partial charge >= 0.3 is 18.0 Å². The second-order valence-electron chi connectivity index (χ2n) is 12.1. The average Bonchev–Trinajstić information content (AvgIpc) is 2.95. The first-order valence-electron chi connectivity index (χ1n) is 15.3. The second-order valence-corrected chi connectivity index (χ2v) is 12.1. The predicted molar refractivity (Wildman–Crippen MR) is 169 cm³/mol. The molecule has 44 heavy (non-hydrogen) atoms. The molecule has 0 aliphatic carbocycles. The van der Waals surface area contributed by atoms with Gasteiger partial charge in [0.25, 0.3) is 0 Å². The summed E-state index contributed by atoms with van der Waals surface area (Å²) in [5.41, 5.74) is 5.85. The third-order valence-electron chi connectivity index (χ3n) is 8.87. The zero-order valence-corrected chi connectivity index (χ0v) is 27.2. The molecule has 0 bridgehead atoms. The maximum atomic E-state index is 12.9. The molecule has 2 rings (SSSR count). The van der Waals surface area contributed by atoms with E-state index in [2.05, 4.69) is 0 Å². The van der Waals surface area contributed by atoms with Crippen LogP contribution in [-0.4, -0.2) is 63.7 Å². The Hall–Kier alpha value is -3.21. The van der Waals surface area contributed by atoms with E-state index >= 15 is 0 Å². The highest BCUT2D eigenvalue weighted by Crippen LogP contribution is 2.36. The summed E-state index contributed by atoms with van der Waals surface area (Å²) in [5, 5.41) is 22.1. The van der Waals surface area contributed by atoms with Crippen LogP contribution >= 0.6 is 0 Å². The number of aliphatic hydroxyl groups is 2. The van der Waals surface area contributed by atoms with Crippen molar-refractivity contribution in [3.8, 4) is 0 Å². The zero-order chi connectivity index (χ0) is 32.3. The predicted octanol–water partition coefficient (Wildman–Crippen LogP) is 4.64. The highest BCUT2D eigenvalue weighted by molar-refractivity contribution is 5.72. The van der Waals surface area contributed by atoms with Gasteiger partial charge in [-0.05, 0) is 44.8 Å². The van der Waals surface area contributed by atoms with Crippen LogP contribution in [0.1, 0.15) is 80.6 Å². The van der Waals surface area contributed by atoms with Crippen molar-refractivity contribution in [1.29, 1.82) is 0 Å². The van der Waals surface area contributed by atoms with E-state index in [-0.39, 0.29) is 48.1 Å². The molecule has 0 aromatic carbocycles. The lowest BCUT2D eigenvalue weighted by Gasteiger charge is -2.41. The van der Waals surface area contributed by atoms with Gasteiger partial charge in [-0.1, -0.05) is 82.7 Å². The number of aliphatic hydroxyl groups excluding tert-OH is 1. The van der Waals surface area contributed by atoms with Crippen LogP contribution < -0.4 is 5.73 Å². The van der Waals surface area contributed by atoms with Gasteiger partial charge in [-0.15, -0.1) is 0 Å². The van der Waals surface area contributed by atoms with E-state index in [1.165, 1.54) is 0 Å². The first-order chi connectivity index (χ1) is 20.2. The number of esters is 2. The maximum absolute atomic E-state index is 12.9. The van der Waals surface area contributed by atoms with Gasteiger partial charge in [0, 0.05) is 30.1 Å². The van der Waals surface area contributed by atoms with Gasteiger partial charge in [-0.2, -0.15) is 0 Å². The van der Waals surface area contributed by atoms with Crippen LogP contribution in [-0.2, 0) is 23.8 Å². The van der Waals surface area contributed by atoms with Crippen LogP contribution in [0, 0.1) is 23.7 Å². The van der Waals surface area contributed by atoms with Crippen molar-refractivity contribution in [1.82, 2.24) is 0 Å². The Balaban J connectivity index is 0.00000968. The van der Waals surface area contributed by atoms with E-state index in [9.17, 15) is 24.6 Å². The molecule has 0 saturated carbocycles. The summed E-state index contributed by atoms with van der Waals surface area (Å²) in [4.78, 5) is 36.5. The van der Waals surface area contributed by atoms with E-state index in [0.29, 0.717) is 19.3 Å². The van der Waals surface area contributed by atoms with E-state index < -0.39 is 41.9 Å². The van der Waals surface area contributed by atoms with Crippen molar-refractivity contribution in [2.45, 2.75) is 111 Å². The van der Waals surface area contributed by atoms with E-state index in [4.69, 9.17) is 19.9 Å². The minimum absolute atomic E-state index is 0. The van der Waals surface area contributed by atoms with Crippen molar-refractivity contribution < 1.29 is 44.3 Å². The van der Waals surface area contributed by atoms with Crippen LogP contribution in [0.2, 0.25) is 0 Å². The van der Waals surface area contributed by atoms with Crippen molar-refractivity contribution in [3.05, 3.63) is 59.8 Å². The number of carbonyl (C=O) groups is 3. The topological polar surface area (TPSA) is 177 Å². The minimum Gasteiger partial charge on any atom is -0.462 e.